The van der Waals surface area contributed by atoms with Gasteiger partial charge in [-0.2, -0.15) is 0 Å². The Bertz CT molecular complexity index is 973. The highest BCUT2D eigenvalue weighted by Crippen LogP contribution is 2.30. The smallest absolute Gasteiger partial charge is 0.131 e. The first-order valence-corrected chi connectivity index (χ1v) is 9.90. The number of aliphatic hydroxyl groups excluding tert-OH is 1. The Morgan fingerprint density at radius 2 is 1.79 bits per heavy atom. The Morgan fingerprint density at radius 3 is 2.54 bits per heavy atom. The second-order valence-electron chi connectivity index (χ2n) is 7.18. The van der Waals surface area contributed by atoms with Crippen LogP contribution in [0.3, 0.4) is 0 Å². The summed E-state index contributed by atoms with van der Waals surface area (Å²) in [7, 11) is 0. The van der Waals surface area contributed by atoms with Crippen molar-refractivity contribution < 1.29 is 9.50 Å². The molecule has 1 aromatic heterocycles. The van der Waals surface area contributed by atoms with Gasteiger partial charge in [0.1, 0.15) is 5.82 Å². The Labute approximate surface area is 169 Å². The SMILES string of the molecule is OCCN1CCN(Cc2ccc(-c3ccc4nccc(Cl)c4c3)c(F)c2)CC1. The number of hydrogen-bond acceptors (Lipinski definition) is 4. The summed E-state index contributed by atoms with van der Waals surface area (Å²) in [4.78, 5) is 8.87. The molecule has 0 bridgehead atoms. The molecule has 0 spiro atoms. The van der Waals surface area contributed by atoms with Crippen molar-refractivity contribution in [1.82, 2.24) is 14.8 Å². The van der Waals surface area contributed by atoms with E-state index >= 15 is 0 Å². The van der Waals surface area contributed by atoms with Crippen LogP contribution in [-0.2, 0) is 6.54 Å². The third-order valence-electron chi connectivity index (χ3n) is 5.32. The number of rotatable bonds is 5. The van der Waals surface area contributed by atoms with E-state index in [2.05, 4.69) is 14.8 Å². The quantitative estimate of drug-likeness (QED) is 0.708. The highest BCUT2D eigenvalue weighted by Gasteiger charge is 2.17. The number of pyridine rings is 1. The number of aliphatic hydroxyl groups is 1. The van der Waals surface area contributed by atoms with Gasteiger partial charge < -0.3 is 5.11 Å². The van der Waals surface area contributed by atoms with Crippen LogP contribution in [0.1, 0.15) is 5.56 Å². The Balaban J connectivity index is 1.50. The molecule has 0 amide bonds. The molecule has 0 aliphatic carbocycles. The standard InChI is InChI=1S/C22H23ClFN3O/c23-20-5-6-25-22-4-2-17(14-19(20)22)18-3-1-16(13-21(18)24)15-27-9-7-26(8-10-27)11-12-28/h1-6,13-14,28H,7-12,15H2. The van der Waals surface area contributed by atoms with Crippen LogP contribution in [0, 0.1) is 5.82 Å². The molecule has 146 valence electrons. The van der Waals surface area contributed by atoms with Gasteiger partial charge in [0.15, 0.2) is 0 Å². The molecule has 2 heterocycles. The number of hydrogen-bond donors (Lipinski definition) is 1. The lowest BCUT2D eigenvalue weighted by atomic mass is 10.0. The molecule has 1 fully saturated rings. The molecule has 6 heteroatoms. The molecule has 4 nitrogen and oxygen atoms in total. The van der Waals surface area contributed by atoms with Crippen LogP contribution in [0.5, 0.6) is 0 Å². The number of halogens is 2. The lowest BCUT2D eigenvalue weighted by Crippen LogP contribution is -2.46. The van der Waals surface area contributed by atoms with Gasteiger partial charge in [-0.15, -0.1) is 0 Å². The largest absolute Gasteiger partial charge is 0.395 e. The second kappa shape index (κ2) is 8.53. The van der Waals surface area contributed by atoms with Crippen LogP contribution in [-0.4, -0.2) is 59.2 Å². The van der Waals surface area contributed by atoms with Crippen LogP contribution in [0.4, 0.5) is 4.39 Å². The third-order valence-corrected chi connectivity index (χ3v) is 5.65. The van der Waals surface area contributed by atoms with Crippen molar-refractivity contribution in [3.05, 3.63) is 65.1 Å². The molecule has 28 heavy (non-hydrogen) atoms. The molecule has 2 aromatic carbocycles. The van der Waals surface area contributed by atoms with Crippen molar-refractivity contribution in [2.24, 2.45) is 0 Å². The first-order valence-electron chi connectivity index (χ1n) is 9.52. The Kier molecular flexibility index (Phi) is 5.87. The van der Waals surface area contributed by atoms with Gasteiger partial charge >= 0.3 is 0 Å². The Hall–Kier alpha value is -2.05. The van der Waals surface area contributed by atoms with Crippen molar-refractivity contribution in [1.29, 1.82) is 0 Å². The zero-order valence-electron chi connectivity index (χ0n) is 15.6. The van der Waals surface area contributed by atoms with E-state index in [9.17, 15) is 4.39 Å². The normalized spacial score (nSPS) is 16.0. The maximum absolute atomic E-state index is 14.8. The van der Waals surface area contributed by atoms with E-state index in [1.807, 2.05) is 30.3 Å². The summed E-state index contributed by atoms with van der Waals surface area (Å²) in [5, 5.41) is 10.5. The number of nitrogens with zero attached hydrogens (tertiary/aromatic N) is 3. The predicted octanol–water partition coefficient (Wildman–Crippen LogP) is 3.80. The van der Waals surface area contributed by atoms with Crippen LogP contribution < -0.4 is 0 Å². The van der Waals surface area contributed by atoms with E-state index in [-0.39, 0.29) is 12.4 Å². The first kappa shape index (κ1) is 19.3. The number of benzene rings is 2. The minimum absolute atomic E-state index is 0.197. The van der Waals surface area contributed by atoms with Gasteiger partial charge in [0.05, 0.1) is 17.1 Å². The molecule has 1 aliphatic rings. The molecule has 1 aliphatic heterocycles. The van der Waals surface area contributed by atoms with Crippen molar-refractivity contribution in [2.75, 3.05) is 39.3 Å². The fraction of sp³-hybridized carbons (Fsp3) is 0.318. The van der Waals surface area contributed by atoms with E-state index in [0.717, 1.165) is 61.3 Å². The first-order chi connectivity index (χ1) is 13.6. The lowest BCUT2D eigenvalue weighted by molar-refractivity contribution is 0.108. The molecule has 3 aromatic rings. The zero-order chi connectivity index (χ0) is 19.5. The van der Waals surface area contributed by atoms with Crippen LogP contribution in [0.25, 0.3) is 22.0 Å². The summed E-state index contributed by atoms with van der Waals surface area (Å²) in [5.74, 6) is -0.226. The number of β-amino-alcohol motifs (C(OH)–C–C–N with tert-alkyl or cyclic N) is 1. The number of aromatic nitrogens is 1. The zero-order valence-corrected chi connectivity index (χ0v) is 16.4. The van der Waals surface area contributed by atoms with Gasteiger partial charge in [-0.3, -0.25) is 14.8 Å². The Morgan fingerprint density at radius 1 is 1.00 bits per heavy atom. The average molecular weight is 400 g/mol. The summed E-state index contributed by atoms with van der Waals surface area (Å²) in [5.41, 5.74) is 3.13. The summed E-state index contributed by atoms with van der Waals surface area (Å²) >= 11 is 6.26. The molecule has 0 unspecified atom stereocenters. The van der Waals surface area contributed by atoms with E-state index in [4.69, 9.17) is 16.7 Å². The van der Waals surface area contributed by atoms with Gasteiger partial charge in [-0.1, -0.05) is 29.8 Å². The lowest BCUT2D eigenvalue weighted by Gasteiger charge is -2.34. The fourth-order valence-corrected chi connectivity index (χ4v) is 3.95. The monoisotopic (exact) mass is 399 g/mol. The molecule has 1 saturated heterocycles. The highest BCUT2D eigenvalue weighted by atomic mass is 35.5. The second-order valence-corrected chi connectivity index (χ2v) is 7.59. The minimum Gasteiger partial charge on any atom is -0.395 e. The molecule has 1 N–H and O–H groups in total. The van der Waals surface area contributed by atoms with Gasteiger partial charge in [-0.05, 0) is 35.4 Å². The topological polar surface area (TPSA) is 39.6 Å². The number of fused-ring (bicyclic) bond motifs is 1. The van der Waals surface area contributed by atoms with Crippen molar-refractivity contribution in [2.45, 2.75) is 6.54 Å². The summed E-state index contributed by atoms with van der Waals surface area (Å²) in [6.45, 7) is 5.39. The molecular weight excluding hydrogens is 377 g/mol. The molecule has 0 saturated carbocycles. The van der Waals surface area contributed by atoms with E-state index in [1.165, 1.54) is 0 Å². The summed E-state index contributed by atoms with van der Waals surface area (Å²) in [6.07, 6.45) is 1.67. The third kappa shape index (κ3) is 4.18. The predicted molar refractivity (Wildman–Crippen MR) is 111 cm³/mol. The van der Waals surface area contributed by atoms with Crippen molar-refractivity contribution in [3.63, 3.8) is 0 Å². The molecule has 4 rings (SSSR count). The van der Waals surface area contributed by atoms with Crippen LogP contribution in [0.2, 0.25) is 5.02 Å². The van der Waals surface area contributed by atoms with E-state index in [0.29, 0.717) is 10.6 Å². The van der Waals surface area contributed by atoms with Crippen LogP contribution >= 0.6 is 11.6 Å². The maximum Gasteiger partial charge on any atom is 0.131 e. The van der Waals surface area contributed by atoms with Crippen molar-refractivity contribution >= 4 is 22.5 Å². The minimum atomic E-state index is -0.226. The highest BCUT2D eigenvalue weighted by molar-refractivity contribution is 6.35. The van der Waals surface area contributed by atoms with Crippen LogP contribution in [0.15, 0.2) is 48.7 Å². The van der Waals surface area contributed by atoms with E-state index in [1.54, 1.807) is 18.3 Å². The van der Waals surface area contributed by atoms with Gasteiger partial charge in [0.2, 0.25) is 0 Å². The fourth-order valence-electron chi connectivity index (χ4n) is 3.74. The van der Waals surface area contributed by atoms with Crippen molar-refractivity contribution in [3.8, 4) is 11.1 Å². The van der Waals surface area contributed by atoms with Gasteiger partial charge in [0.25, 0.3) is 0 Å². The van der Waals surface area contributed by atoms with E-state index < -0.39 is 0 Å². The average Bonchev–Trinajstić information content (AvgIpc) is 2.70. The van der Waals surface area contributed by atoms with Gasteiger partial charge in [0, 0.05) is 56.4 Å². The number of piperazine rings is 1. The molecule has 0 atom stereocenters. The maximum atomic E-state index is 14.8. The molecular formula is C22H23ClFN3O. The summed E-state index contributed by atoms with van der Waals surface area (Å²) < 4.78 is 14.8. The molecule has 0 radical (unpaired) electrons. The summed E-state index contributed by atoms with van der Waals surface area (Å²) in [6, 6.07) is 12.9. The van der Waals surface area contributed by atoms with Gasteiger partial charge in [-0.25, -0.2) is 4.39 Å².